The molecule has 2 aromatic carbocycles. The molecule has 0 aromatic heterocycles. The van der Waals surface area contributed by atoms with Crippen LogP contribution in [0.25, 0.3) is 0 Å². The summed E-state index contributed by atoms with van der Waals surface area (Å²) in [6.45, 7) is 2.28. The van der Waals surface area contributed by atoms with E-state index in [1.54, 1.807) is 0 Å². The van der Waals surface area contributed by atoms with Crippen molar-refractivity contribution >= 4 is 0 Å². The van der Waals surface area contributed by atoms with Crippen molar-refractivity contribution in [2.45, 2.75) is 19.3 Å². The van der Waals surface area contributed by atoms with Crippen LogP contribution in [0, 0.1) is 11.8 Å². The molecule has 0 saturated heterocycles. The lowest BCUT2D eigenvalue weighted by Gasteiger charge is -2.17. The highest BCUT2D eigenvalue weighted by molar-refractivity contribution is 5.52. The van der Waals surface area contributed by atoms with Crippen LogP contribution in [0.1, 0.15) is 35.1 Å². The van der Waals surface area contributed by atoms with Crippen molar-refractivity contribution < 1.29 is 0 Å². The highest BCUT2D eigenvalue weighted by Gasteiger charge is 2.13. The average Bonchev–Trinajstić information content (AvgIpc) is 2.36. The summed E-state index contributed by atoms with van der Waals surface area (Å²) in [6, 6.07) is 16.9. The van der Waals surface area contributed by atoms with Gasteiger partial charge in [-0.15, -0.1) is 0 Å². The Kier molecular flexibility index (Phi) is 2.46. The third kappa shape index (κ3) is 1.85. The zero-order valence-electron chi connectivity index (χ0n) is 9.90. The Morgan fingerprint density at radius 3 is 2.41 bits per heavy atom. The van der Waals surface area contributed by atoms with Crippen molar-refractivity contribution in [2.75, 3.05) is 0 Å². The standard InChI is InChI=1S/C17H14/c1-13-12-16-8-3-2-6-14(16)10-11-15-7-4-5-9-17(13)15/h2-9,13H,12H2,1H3. The van der Waals surface area contributed by atoms with Crippen molar-refractivity contribution in [1.29, 1.82) is 0 Å². The average molecular weight is 218 g/mol. The van der Waals surface area contributed by atoms with Gasteiger partial charge in [-0.05, 0) is 35.6 Å². The van der Waals surface area contributed by atoms with Crippen molar-refractivity contribution in [3.8, 4) is 11.8 Å². The lowest BCUT2D eigenvalue weighted by atomic mass is 9.87. The van der Waals surface area contributed by atoms with Gasteiger partial charge in [0.2, 0.25) is 0 Å². The predicted octanol–water partition coefficient (Wildman–Crippen LogP) is 3.75. The Morgan fingerprint density at radius 1 is 0.882 bits per heavy atom. The van der Waals surface area contributed by atoms with Gasteiger partial charge in [0, 0.05) is 11.1 Å². The summed E-state index contributed by atoms with van der Waals surface area (Å²) in [7, 11) is 0. The molecule has 17 heavy (non-hydrogen) atoms. The van der Waals surface area contributed by atoms with Crippen LogP contribution in [0.3, 0.4) is 0 Å². The minimum absolute atomic E-state index is 0.530. The van der Waals surface area contributed by atoms with E-state index in [4.69, 9.17) is 0 Å². The first-order valence-corrected chi connectivity index (χ1v) is 6.03. The van der Waals surface area contributed by atoms with Gasteiger partial charge in [-0.2, -0.15) is 0 Å². The van der Waals surface area contributed by atoms with Crippen LogP contribution in [0.2, 0.25) is 0 Å². The quantitative estimate of drug-likeness (QED) is 0.591. The molecule has 0 radical (unpaired) electrons. The van der Waals surface area contributed by atoms with Gasteiger partial charge in [0.05, 0.1) is 0 Å². The molecule has 2 aromatic rings. The first-order valence-electron chi connectivity index (χ1n) is 6.03. The minimum atomic E-state index is 0.530. The largest absolute Gasteiger partial charge is 0.0619 e. The third-order valence-electron chi connectivity index (χ3n) is 3.37. The van der Waals surface area contributed by atoms with E-state index >= 15 is 0 Å². The molecule has 0 saturated carbocycles. The van der Waals surface area contributed by atoms with E-state index in [1.165, 1.54) is 22.3 Å². The molecule has 1 unspecified atom stereocenters. The molecule has 0 nitrogen and oxygen atoms in total. The minimum Gasteiger partial charge on any atom is -0.0619 e. The van der Waals surface area contributed by atoms with E-state index in [0.29, 0.717) is 5.92 Å². The van der Waals surface area contributed by atoms with Gasteiger partial charge >= 0.3 is 0 Å². The third-order valence-corrected chi connectivity index (χ3v) is 3.37. The van der Waals surface area contributed by atoms with Crippen molar-refractivity contribution in [1.82, 2.24) is 0 Å². The fourth-order valence-corrected chi connectivity index (χ4v) is 2.44. The smallest absolute Gasteiger partial charge is 0.0283 e. The molecular weight excluding hydrogens is 204 g/mol. The van der Waals surface area contributed by atoms with E-state index < -0.39 is 0 Å². The van der Waals surface area contributed by atoms with Crippen molar-refractivity contribution in [3.63, 3.8) is 0 Å². The first-order chi connectivity index (χ1) is 8.34. The Balaban J connectivity index is 2.20. The summed E-state index contributed by atoms with van der Waals surface area (Å²) in [5.74, 6) is 7.12. The van der Waals surface area contributed by atoms with Crippen LogP contribution in [0.15, 0.2) is 48.5 Å². The number of fused-ring (bicyclic) bond motifs is 2. The molecule has 0 N–H and O–H groups in total. The second-order valence-corrected chi connectivity index (χ2v) is 4.60. The van der Waals surface area contributed by atoms with Crippen LogP contribution in [0.5, 0.6) is 0 Å². The van der Waals surface area contributed by atoms with Gasteiger partial charge in [0.25, 0.3) is 0 Å². The Bertz CT molecular complexity index is 611. The summed E-state index contributed by atoms with van der Waals surface area (Å²) >= 11 is 0. The molecule has 0 spiro atoms. The zero-order valence-corrected chi connectivity index (χ0v) is 9.90. The summed E-state index contributed by atoms with van der Waals surface area (Å²) in [5, 5.41) is 0. The van der Waals surface area contributed by atoms with Gasteiger partial charge in [-0.25, -0.2) is 0 Å². The molecule has 0 heteroatoms. The van der Waals surface area contributed by atoms with E-state index in [2.05, 4.69) is 67.3 Å². The van der Waals surface area contributed by atoms with Gasteiger partial charge in [-0.3, -0.25) is 0 Å². The number of hydrogen-bond acceptors (Lipinski definition) is 0. The highest BCUT2D eigenvalue weighted by Crippen LogP contribution is 2.26. The molecule has 0 fully saturated rings. The summed E-state index contributed by atoms with van der Waals surface area (Å²) in [4.78, 5) is 0. The SMILES string of the molecule is CC1Cc2ccccc2C#Cc2ccccc21. The molecule has 0 aliphatic heterocycles. The monoisotopic (exact) mass is 218 g/mol. The molecule has 0 amide bonds. The lowest BCUT2D eigenvalue weighted by molar-refractivity contribution is 0.754. The fraction of sp³-hybridized carbons (Fsp3) is 0.176. The molecule has 3 rings (SSSR count). The van der Waals surface area contributed by atoms with E-state index in [-0.39, 0.29) is 0 Å². The zero-order chi connectivity index (χ0) is 11.7. The molecular formula is C17H14. The Labute approximate surface area is 102 Å². The second kappa shape index (κ2) is 4.11. The van der Waals surface area contributed by atoms with E-state index in [9.17, 15) is 0 Å². The summed E-state index contributed by atoms with van der Waals surface area (Å²) in [5.41, 5.74) is 5.08. The Hall–Kier alpha value is -2.00. The number of rotatable bonds is 0. The number of hydrogen-bond donors (Lipinski definition) is 0. The topological polar surface area (TPSA) is 0 Å². The normalized spacial score (nSPS) is 16.9. The molecule has 1 aliphatic rings. The lowest BCUT2D eigenvalue weighted by Crippen LogP contribution is -2.04. The summed E-state index contributed by atoms with van der Waals surface area (Å²) < 4.78 is 0. The highest BCUT2D eigenvalue weighted by atomic mass is 14.2. The van der Waals surface area contributed by atoms with Gasteiger partial charge in [-0.1, -0.05) is 55.2 Å². The van der Waals surface area contributed by atoms with Gasteiger partial charge in [0.1, 0.15) is 0 Å². The molecule has 1 aliphatic carbocycles. The van der Waals surface area contributed by atoms with Crippen LogP contribution in [-0.4, -0.2) is 0 Å². The van der Waals surface area contributed by atoms with Gasteiger partial charge in [0.15, 0.2) is 0 Å². The molecule has 1 atom stereocenters. The predicted molar refractivity (Wildman–Crippen MR) is 71.0 cm³/mol. The van der Waals surface area contributed by atoms with E-state index in [0.717, 1.165) is 6.42 Å². The van der Waals surface area contributed by atoms with Crippen LogP contribution >= 0.6 is 0 Å². The maximum Gasteiger partial charge on any atom is 0.0283 e. The maximum absolute atomic E-state index is 3.30. The summed E-state index contributed by atoms with van der Waals surface area (Å²) in [6.07, 6.45) is 1.07. The fourth-order valence-electron chi connectivity index (χ4n) is 2.44. The number of benzene rings is 2. The molecule has 0 bridgehead atoms. The van der Waals surface area contributed by atoms with Gasteiger partial charge < -0.3 is 0 Å². The Morgan fingerprint density at radius 2 is 1.53 bits per heavy atom. The van der Waals surface area contributed by atoms with Crippen LogP contribution in [-0.2, 0) is 6.42 Å². The van der Waals surface area contributed by atoms with Crippen LogP contribution < -0.4 is 0 Å². The van der Waals surface area contributed by atoms with Crippen LogP contribution in [0.4, 0.5) is 0 Å². The van der Waals surface area contributed by atoms with Crippen molar-refractivity contribution in [2.24, 2.45) is 0 Å². The van der Waals surface area contributed by atoms with E-state index in [1.807, 2.05) is 0 Å². The van der Waals surface area contributed by atoms with Crippen molar-refractivity contribution in [3.05, 3.63) is 70.8 Å². The molecule has 0 heterocycles. The first kappa shape index (κ1) is 10.2. The second-order valence-electron chi connectivity index (χ2n) is 4.60. The molecule has 82 valence electrons. The maximum atomic E-state index is 3.30.